The van der Waals surface area contributed by atoms with Crippen molar-refractivity contribution >= 4 is 33.4 Å². The number of nitrogens with one attached hydrogen (secondary N) is 1. The summed E-state index contributed by atoms with van der Waals surface area (Å²) in [5.74, 6) is 0.336. The fraction of sp³-hybridized carbons (Fsp3) is 0.200. The fourth-order valence-electron chi connectivity index (χ4n) is 2.62. The number of amides is 1. The van der Waals surface area contributed by atoms with E-state index in [1.165, 1.54) is 0 Å². The molecule has 0 aliphatic heterocycles. The van der Waals surface area contributed by atoms with Crippen LogP contribution in [0.3, 0.4) is 0 Å². The number of aromatic nitrogens is 2. The van der Waals surface area contributed by atoms with E-state index in [4.69, 9.17) is 16.3 Å². The van der Waals surface area contributed by atoms with Crippen LogP contribution in [0.4, 0.5) is 0 Å². The molecule has 0 saturated heterocycles. The van der Waals surface area contributed by atoms with Crippen molar-refractivity contribution in [1.29, 1.82) is 0 Å². The standard InChI is InChI=1S/C20H19BrClN3O2/c1-2-17(14-6-4-3-5-7-14)23-20(26)18-10-11-25(24-18)13-27-19-9-8-15(21)12-16(19)22/h3-12,17H,2,13H2,1H3,(H,23,26). The molecule has 0 radical (unpaired) electrons. The molecule has 3 aromatic rings. The normalized spacial score (nSPS) is 11.8. The summed E-state index contributed by atoms with van der Waals surface area (Å²) >= 11 is 9.49. The number of carbonyl (C=O) groups excluding carboxylic acids is 1. The van der Waals surface area contributed by atoms with Gasteiger partial charge in [-0.3, -0.25) is 4.79 Å². The van der Waals surface area contributed by atoms with Crippen LogP contribution in [-0.4, -0.2) is 15.7 Å². The molecule has 0 aliphatic carbocycles. The van der Waals surface area contributed by atoms with Crippen LogP contribution in [-0.2, 0) is 6.73 Å². The maximum atomic E-state index is 12.5. The zero-order valence-corrected chi connectivity index (χ0v) is 17.1. The minimum atomic E-state index is -0.217. The Morgan fingerprint density at radius 2 is 2.04 bits per heavy atom. The first-order valence-corrected chi connectivity index (χ1v) is 9.71. The highest BCUT2D eigenvalue weighted by Crippen LogP contribution is 2.27. The van der Waals surface area contributed by atoms with Crippen LogP contribution in [0.25, 0.3) is 0 Å². The highest BCUT2D eigenvalue weighted by molar-refractivity contribution is 9.10. The lowest BCUT2D eigenvalue weighted by Gasteiger charge is -2.16. The highest BCUT2D eigenvalue weighted by Gasteiger charge is 2.16. The first kappa shape index (κ1) is 19.5. The smallest absolute Gasteiger partial charge is 0.272 e. The van der Waals surface area contributed by atoms with E-state index in [1.807, 2.05) is 43.3 Å². The minimum absolute atomic E-state index is 0.0540. The van der Waals surface area contributed by atoms with Crippen LogP contribution < -0.4 is 10.1 Å². The van der Waals surface area contributed by atoms with Gasteiger partial charge in [0.15, 0.2) is 6.73 Å². The number of hydrogen-bond donors (Lipinski definition) is 1. The van der Waals surface area contributed by atoms with Crippen LogP contribution in [0, 0.1) is 0 Å². The van der Waals surface area contributed by atoms with Gasteiger partial charge in [-0.1, -0.05) is 64.8 Å². The number of benzene rings is 2. The van der Waals surface area contributed by atoms with Gasteiger partial charge in [0.05, 0.1) is 11.1 Å². The van der Waals surface area contributed by atoms with E-state index < -0.39 is 0 Å². The minimum Gasteiger partial charge on any atom is -0.470 e. The Balaban J connectivity index is 1.61. The molecule has 0 saturated carbocycles. The number of hydrogen-bond acceptors (Lipinski definition) is 3. The van der Waals surface area contributed by atoms with E-state index in [0.717, 1.165) is 16.5 Å². The topological polar surface area (TPSA) is 56.2 Å². The third-order valence-electron chi connectivity index (χ3n) is 4.04. The number of halogens is 2. The van der Waals surface area contributed by atoms with Crippen LogP contribution in [0.15, 0.2) is 65.3 Å². The molecule has 140 valence electrons. The molecule has 2 aromatic carbocycles. The highest BCUT2D eigenvalue weighted by atomic mass is 79.9. The van der Waals surface area contributed by atoms with Crippen molar-refractivity contribution in [2.24, 2.45) is 0 Å². The summed E-state index contributed by atoms with van der Waals surface area (Å²) in [6.45, 7) is 2.19. The second-order valence-electron chi connectivity index (χ2n) is 5.93. The van der Waals surface area contributed by atoms with Gasteiger partial charge in [-0.15, -0.1) is 0 Å². The predicted molar refractivity (Wildman–Crippen MR) is 109 cm³/mol. The van der Waals surface area contributed by atoms with E-state index >= 15 is 0 Å². The molecular weight excluding hydrogens is 430 g/mol. The average molecular weight is 449 g/mol. The van der Waals surface area contributed by atoms with Crippen molar-refractivity contribution < 1.29 is 9.53 Å². The van der Waals surface area contributed by atoms with E-state index in [-0.39, 0.29) is 18.7 Å². The molecule has 1 atom stereocenters. The van der Waals surface area contributed by atoms with Crippen molar-refractivity contribution in [3.63, 3.8) is 0 Å². The first-order chi connectivity index (χ1) is 13.1. The maximum absolute atomic E-state index is 12.5. The summed E-state index contributed by atoms with van der Waals surface area (Å²) in [6, 6.07) is 16.9. The monoisotopic (exact) mass is 447 g/mol. The fourth-order valence-corrected chi connectivity index (χ4v) is 3.35. The number of nitrogens with zero attached hydrogens (tertiary/aromatic N) is 2. The molecule has 27 heavy (non-hydrogen) atoms. The third-order valence-corrected chi connectivity index (χ3v) is 4.82. The van der Waals surface area contributed by atoms with Gasteiger partial charge in [0.2, 0.25) is 0 Å². The van der Waals surface area contributed by atoms with Crippen molar-refractivity contribution in [3.8, 4) is 5.75 Å². The summed E-state index contributed by atoms with van der Waals surface area (Å²) in [7, 11) is 0. The first-order valence-electron chi connectivity index (χ1n) is 8.54. The van der Waals surface area contributed by atoms with Crippen LogP contribution in [0.1, 0.15) is 35.4 Å². The van der Waals surface area contributed by atoms with Crippen molar-refractivity contribution in [1.82, 2.24) is 15.1 Å². The van der Waals surface area contributed by atoms with E-state index in [1.54, 1.807) is 29.1 Å². The van der Waals surface area contributed by atoms with Crippen LogP contribution >= 0.6 is 27.5 Å². The molecule has 1 aromatic heterocycles. The Morgan fingerprint density at radius 3 is 2.74 bits per heavy atom. The molecule has 1 unspecified atom stereocenters. The third kappa shape index (κ3) is 5.11. The summed E-state index contributed by atoms with van der Waals surface area (Å²) < 4.78 is 8.09. The van der Waals surface area contributed by atoms with Crippen molar-refractivity contribution in [2.75, 3.05) is 0 Å². The molecule has 7 heteroatoms. The van der Waals surface area contributed by atoms with E-state index in [9.17, 15) is 4.79 Å². The second-order valence-corrected chi connectivity index (χ2v) is 7.26. The van der Waals surface area contributed by atoms with Gasteiger partial charge in [-0.05, 0) is 36.2 Å². The molecule has 0 aliphatic rings. The van der Waals surface area contributed by atoms with Gasteiger partial charge < -0.3 is 10.1 Å². The van der Waals surface area contributed by atoms with Gasteiger partial charge in [0.25, 0.3) is 5.91 Å². The SMILES string of the molecule is CCC(NC(=O)c1ccn(COc2ccc(Br)cc2Cl)n1)c1ccccc1. The molecule has 1 heterocycles. The average Bonchev–Trinajstić information content (AvgIpc) is 3.15. The Kier molecular flexibility index (Phi) is 6.53. The van der Waals surface area contributed by atoms with Gasteiger partial charge in [0.1, 0.15) is 11.4 Å². The Morgan fingerprint density at radius 1 is 1.26 bits per heavy atom. The van der Waals surface area contributed by atoms with Crippen molar-refractivity contribution in [2.45, 2.75) is 26.1 Å². The lowest BCUT2D eigenvalue weighted by Crippen LogP contribution is -2.28. The molecule has 0 spiro atoms. The van der Waals surface area contributed by atoms with Gasteiger partial charge in [-0.25, -0.2) is 4.68 Å². The Labute approximate surface area is 171 Å². The lowest BCUT2D eigenvalue weighted by molar-refractivity contribution is 0.0928. The zero-order valence-electron chi connectivity index (χ0n) is 14.7. The summed E-state index contributed by atoms with van der Waals surface area (Å²) in [5, 5.41) is 7.80. The Hall–Kier alpha value is -2.31. The van der Waals surface area contributed by atoms with E-state index in [2.05, 4.69) is 26.3 Å². The molecule has 5 nitrogen and oxygen atoms in total. The summed E-state index contributed by atoms with van der Waals surface area (Å²) in [5.41, 5.74) is 1.41. The van der Waals surface area contributed by atoms with Gasteiger partial charge in [0, 0.05) is 10.7 Å². The number of carbonyl (C=O) groups is 1. The Bertz CT molecular complexity index is 915. The molecule has 1 amide bonds. The molecule has 3 rings (SSSR count). The maximum Gasteiger partial charge on any atom is 0.272 e. The summed E-state index contributed by atoms with van der Waals surface area (Å²) in [4.78, 5) is 12.5. The molecular formula is C20H19BrClN3O2. The number of rotatable bonds is 7. The molecule has 1 N–H and O–H groups in total. The van der Waals surface area contributed by atoms with E-state index in [0.29, 0.717) is 16.5 Å². The van der Waals surface area contributed by atoms with Crippen molar-refractivity contribution in [3.05, 3.63) is 81.5 Å². The van der Waals surface area contributed by atoms with Gasteiger partial charge >= 0.3 is 0 Å². The van der Waals surface area contributed by atoms with Crippen LogP contribution in [0.5, 0.6) is 5.75 Å². The van der Waals surface area contributed by atoms with Crippen LogP contribution in [0.2, 0.25) is 5.02 Å². The lowest BCUT2D eigenvalue weighted by atomic mass is 10.0. The number of ether oxygens (including phenoxy) is 1. The predicted octanol–water partition coefficient (Wildman–Crippen LogP) is 5.22. The molecule has 0 fully saturated rings. The summed E-state index contributed by atoms with van der Waals surface area (Å²) in [6.07, 6.45) is 2.49. The zero-order chi connectivity index (χ0) is 19.2. The molecule has 0 bridgehead atoms. The second kappa shape index (κ2) is 9.06. The van der Waals surface area contributed by atoms with Gasteiger partial charge in [-0.2, -0.15) is 5.10 Å². The largest absolute Gasteiger partial charge is 0.470 e. The quantitative estimate of drug-likeness (QED) is 0.539.